The van der Waals surface area contributed by atoms with E-state index in [1.807, 2.05) is 25.1 Å². The Morgan fingerprint density at radius 2 is 1.84 bits per heavy atom. The number of amides is 2. The smallest absolute Gasteiger partial charge is 0.286 e. The Balaban J connectivity index is 1.76. The SMILES string of the molecule is CCOc1cc(C(=O)Nc2ccccc2SC(=O)N(C)C)ccc1OCc1cccnc1. The summed E-state index contributed by atoms with van der Waals surface area (Å²) < 4.78 is 11.6. The normalized spacial score (nSPS) is 10.3. The van der Waals surface area contributed by atoms with Gasteiger partial charge in [-0.05, 0) is 55.1 Å². The van der Waals surface area contributed by atoms with Gasteiger partial charge in [-0.15, -0.1) is 0 Å². The highest BCUT2D eigenvalue weighted by Crippen LogP contribution is 2.31. The molecule has 8 heteroatoms. The number of ether oxygens (including phenoxy) is 2. The first-order valence-electron chi connectivity index (χ1n) is 10.1. The molecule has 0 fully saturated rings. The molecule has 0 aliphatic rings. The van der Waals surface area contributed by atoms with Gasteiger partial charge in [-0.1, -0.05) is 18.2 Å². The Bertz CT molecular complexity index is 1070. The highest BCUT2D eigenvalue weighted by Gasteiger charge is 2.15. The van der Waals surface area contributed by atoms with Gasteiger partial charge in [-0.3, -0.25) is 14.6 Å². The lowest BCUT2D eigenvalue weighted by Gasteiger charge is -2.15. The highest BCUT2D eigenvalue weighted by atomic mass is 32.2. The predicted molar refractivity (Wildman–Crippen MR) is 126 cm³/mol. The molecule has 0 saturated heterocycles. The molecule has 1 heterocycles. The molecule has 0 radical (unpaired) electrons. The van der Waals surface area contributed by atoms with Gasteiger partial charge in [0.25, 0.3) is 11.1 Å². The third-order valence-corrected chi connectivity index (χ3v) is 5.44. The number of aromatic nitrogens is 1. The van der Waals surface area contributed by atoms with E-state index >= 15 is 0 Å². The van der Waals surface area contributed by atoms with Crippen LogP contribution >= 0.6 is 11.8 Å². The maximum atomic E-state index is 12.9. The molecule has 32 heavy (non-hydrogen) atoms. The van der Waals surface area contributed by atoms with Crippen molar-refractivity contribution in [3.8, 4) is 11.5 Å². The van der Waals surface area contributed by atoms with Gasteiger partial charge in [0.15, 0.2) is 11.5 Å². The minimum absolute atomic E-state index is 0.125. The first-order chi connectivity index (χ1) is 15.5. The van der Waals surface area contributed by atoms with E-state index in [2.05, 4.69) is 10.3 Å². The first kappa shape index (κ1) is 23.1. The number of hydrogen-bond donors (Lipinski definition) is 1. The molecule has 0 atom stereocenters. The van der Waals surface area contributed by atoms with Crippen molar-refractivity contribution in [2.75, 3.05) is 26.0 Å². The second-order valence-corrected chi connectivity index (χ2v) is 7.95. The molecule has 2 amide bonds. The van der Waals surface area contributed by atoms with E-state index in [4.69, 9.17) is 9.47 Å². The van der Waals surface area contributed by atoms with Gasteiger partial charge in [-0.2, -0.15) is 0 Å². The Hall–Kier alpha value is -3.52. The summed E-state index contributed by atoms with van der Waals surface area (Å²) in [6, 6.07) is 16.0. The summed E-state index contributed by atoms with van der Waals surface area (Å²) in [5, 5.41) is 2.76. The largest absolute Gasteiger partial charge is 0.490 e. The van der Waals surface area contributed by atoms with Gasteiger partial charge in [-0.25, -0.2) is 0 Å². The predicted octanol–water partition coefficient (Wildman–Crippen LogP) is 5.09. The molecule has 0 unspecified atom stereocenters. The van der Waals surface area contributed by atoms with Gasteiger partial charge in [0.05, 0.1) is 12.3 Å². The fourth-order valence-electron chi connectivity index (χ4n) is 2.72. The molecule has 3 aromatic rings. The summed E-state index contributed by atoms with van der Waals surface area (Å²) in [5.74, 6) is 0.712. The zero-order valence-electron chi connectivity index (χ0n) is 18.2. The Kier molecular flexibility index (Phi) is 8.10. The van der Waals surface area contributed by atoms with E-state index in [0.717, 1.165) is 17.3 Å². The molecule has 0 aliphatic heterocycles. The van der Waals surface area contributed by atoms with Crippen LogP contribution in [-0.2, 0) is 6.61 Å². The number of para-hydroxylation sites is 1. The number of thioether (sulfide) groups is 1. The van der Waals surface area contributed by atoms with Crippen LogP contribution in [-0.4, -0.2) is 41.7 Å². The van der Waals surface area contributed by atoms with E-state index in [1.54, 1.807) is 62.9 Å². The minimum atomic E-state index is -0.310. The molecule has 166 valence electrons. The second kappa shape index (κ2) is 11.2. The Morgan fingerprint density at radius 1 is 1.03 bits per heavy atom. The van der Waals surface area contributed by atoms with Gasteiger partial charge >= 0.3 is 0 Å². The maximum Gasteiger partial charge on any atom is 0.286 e. The maximum absolute atomic E-state index is 12.9. The topological polar surface area (TPSA) is 80.8 Å². The zero-order chi connectivity index (χ0) is 22.9. The molecule has 1 aromatic heterocycles. The number of pyridine rings is 1. The van der Waals surface area contributed by atoms with Gasteiger partial charge in [0.2, 0.25) is 0 Å². The summed E-state index contributed by atoms with van der Waals surface area (Å²) in [7, 11) is 3.37. The summed E-state index contributed by atoms with van der Waals surface area (Å²) in [6.07, 6.45) is 3.44. The average Bonchev–Trinajstić information content (AvgIpc) is 2.80. The molecule has 0 aliphatic carbocycles. The van der Waals surface area contributed by atoms with Crippen molar-refractivity contribution in [2.24, 2.45) is 0 Å². The average molecular weight is 452 g/mol. The van der Waals surface area contributed by atoms with Crippen LogP contribution < -0.4 is 14.8 Å². The summed E-state index contributed by atoms with van der Waals surface area (Å²) in [6.45, 7) is 2.64. The van der Waals surface area contributed by atoms with E-state index in [0.29, 0.717) is 40.9 Å². The van der Waals surface area contributed by atoms with Crippen LogP contribution in [0.4, 0.5) is 10.5 Å². The standard InChI is InChI=1S/C24H25N3O4S/c1-4-30-21-14-18(11-12-20(21)31-16-17-8-7-13-25-15-17)23(28)26-19-9-5-6-10-22(19)32-24(29)27(2)3/h5-15H,4,16H2,1-3H3,(H,26,28). The van der Waals surface area contributed by atoms with Crippen LogP contribution in [0.15, 0.2) is 71.9 Å². The highest BCUT2D eigenvalue weighted by molar-refractivity contribution is 8.13. The number of carbonyl (C=O) groups excluding carboxylic acids is 2. The fraction of sp³-hybridized carbons (Fsp3) is 0.208. The van der Waals surface area contributed by atoms with Gasteiger partial charge < -0.3 is 19.7 Å². The van der Waals surface area contributed by atoms with Crippen molar-refractivity contribution >= 4 is 28.6 Å². The van der Waals surface area contributed by atoms with Crippen LogP contribution in [0.25, 0.3) is 0 Å². The number of hydrogen-bond acceptors (Lipinski definition) is 6. The second-order valence-electron chi connectivity index (χ2n) is 6.96. The van der Waals surface area contributed by atoms with Crippen molar-refractivity contribution in [1.29, 1.82) is 0 Å². The molecule has 3 rings (SSSR count). The number of nitrogens with zero attached hydrogens (tertiary/aromatic N) is 2. The first-order valence-corrected chi connectivity index (χ1v) is 10.9. The molecule has 0 bridgehead atoms. The van der Waals surface area contributed by atoms with Crippen LogP contribution in [0, 0.1) is 0 Å². The number of benzene rings is 2. The molecule has 7 nitrogen and oxygen atoms in total. The quantitative estimate of drug-likeness (QED) is 0.481. The zero-order valence-corrected chi connectivity index (χ0v) is 19.0. The number of anilines is 1. The van der Waals surface area contributed by atoms with E-state index in [1.165, 1.54) is 4.90 Å². The number of rotatable bonds is 8. The number of carbonyl (C=O) groups is 2. The molecular formula is C24H25N3O4S. The fourth-order valence-corrected chi connectivity index (χ4v) is 3.47. The summed E-state index contributed by atoms with van der Waals surface area (Å²) in [5.41, 5.74) is 1.91. The monoisotopic (exact) mass is 451 g/mol. The molecule has 0 spiro atoms. The lowest BCUT2D eigenvalue weighted by molar-refractivity contribution is 0.102. The molecular weight excluding hydrogens is 426 g/mol. The third kappa shape index (κ3) is 6.24. The van der Waals surface area contributed by atoms with Crippen molar-refractivity contribution in [3.05, 3.63) is 78.1 Å². The number of nitrogens with one attached hydrogen (secondary N) is 1. The van der Waals surface area contributed by atoms with Gasteiger partial charge in [0, 0.05) is 42.5 Å². The van der Waals surface area contributed by atoms with E-state index in [-0.39, 0.29) is 11.1 Å². The lowest BCUT2D eigenvalue weighted by atomic mass is 10.1. The van der Waals surface area contributed by atoms with E-state index < -0.39 is 0 Å². The van der Waals surface area contributed by atoms with Gasteiger partial charge in [0.1, 0.15) is 6.61 Å². The Labute approximate surface area is 191 Å². The summed E-state index contributed by atoms with van der Waals surface area (Å²) in [4.78, 5) is 31.2. The van der Waals surface area contributed by atoms with Crippen molar-refractivity contribution in [2.45, 2.75) is 18.4 Å². The molecule has 1 N–H and O–H groups in total. The molecule has 2 aromatic carbocycles. The van der Waals surface area contributed by atoms with Crippen molar-refractivity contribution < 1.29 is 19.1 Å². The van der Waals surface area contributed by atoms with E-state index in [9.17, 15) is 9.59 Å². The van der Waals surface area contributed by atoms with Crippen molar-refractivity contribution in [1.82, 2.24) is 9.88 Å². The molecule has 0 saturated carbocycles. The van der Waals surface area contributed by atoms with Crippen LogP contribution in [0.3, 0.4) is 0 Å². The van der Waals surface area contributed by atoms with Crippen LogP contribution in [0.1, 0.15) is 22.8 Å². The lowest BCUT2D eigenvalue weighted by Crippen LogP contribution is -2.17. The van der Waals surface area contributed by atoms with Crippen molar-refractivity contribution in [3.63, 3.8) is 0 Å². The van der Waals surface area contributed by atoms with Crippen LogP contribution in [0.2, 0.25) is 0 Å². The van der Waals surface area contributed by atoms with Crippen LogP contribution in [0.5, 0.6) is 11.5 Å². The Morgan fingerprint density at radius 3 is 2.56 bits per heavy atom. The third-order valence-electron chi connectivity index (χ3n) is 4.32. The summed E-state index contributed by atoms with van der Waals surface area (Å²) >= 11 is 1.06. The minimum Gasteiger partial charge on any atom is -0.490 e.